The van der Waals surface area contributed by atoms with E-state index in [0.29, 0.717) is 17.0 Å². The minimum atomic E-state index is -3.66. The van der Waals surface area contributed by atoms with Gasteiger partial charge in [0.2, 0.25) is 10.0 Å². The van der Waals surface area contributed by atoms with Crippen LogP contribution in [0.25, 0.3) is 0 Å². The van der Waals surface area contributed by atoms with E-state index < -0.39 is 10.0 Å². The highest BCUT2D eigenvalue weighted by Gasteiger charge is 2.17. The highest BCUT2D eigenvalue weighted by molar-refractivity contribution is 7.91. The Kier molecular flexibility index (Phi) is 4.14. The second-order valence-corrected chi connectivity index (χ2v) is 6.04. The van der Waals surface area contributed by atoms with Gasteiger partial charge >= 0.3 is 0 Å². The van der Waals surface area contributed by atoms with Crippen molar-refractivity contribution in [1.29, 1.82) is 5.26 Å². The molecule has 1 aromatic carbocycles. The lowest BCUT2D eigenvalue weighted by Crippen LogP contribution is -2.15. The molecule has 0 saturated carbocycles. The molecule has 1 aromatic heterocycles. The standard InChI is InChI=1S/C13H13N3O4S/c1-9-5-11(15-20-9)8-21(17,18)16-12-4-3-10(7-14)6-13(12)19-2/h3-6,16H,8H2,1-2H3. The van der Waals surface area contributed by atoms with Crippen LogP contribution in [0.4, 0.5) is 5.69 Å². The molecular weight excluding hydrogens is 294 g/mol. The zero-order chi connectivity index (χ0) is 15.5. The number of methoxy groups -OCH3 is 1. The summed E-state index contributed by atoms with van der Waals surface area (Å²) in [7, 11) is -2.26. The lowest BCUT2D eigenvalue weighted by atomic mass is 10.2. The smallest absolute Gasteiger partial charge is 0.238 e. The number of nitrogens with one attached hydrogen (secondary N) is 1. The van der Waals surface area contributed by atoms with Gasteiger partial charge in [-0.05, 0) is 19.1 Å². The Balaban J connectivity index is 2.22. The number of ether oxygens (including phenoxy) is 1. The van der Waals surface area contributed by atoms with Crippen LogP contribution < -0.4 is 9.46 Å². The molecule has 0 saturated heterocycles. The summed E-state index contributed by atoms with van der Waals surface area (Å²) in [4.78, 5) is 0. The third-order valence-corrected chi connectivity index (χ3v) is 3.82. The van der Waals surface area contributed by atoms with E-state index >= 15 is 0 Å². The highest BCUT2D eigenvalue weighted by Crippen LogP contribution is 2.26. The van der Waals surface area contributed by atoms with Crippen molar-refractivity contribution in [3.8, 4) is 11.8 Å². The average molecular weight is 307 g/mol. The molecule has 21 heavy (non-hydrogen) atoms. The summed E-state index contributed by atoms with van der Waals surface area (Å²) < 4.78 is 36.5. The van der Waals surface area contributed by atoms with Crippen molar-refractivity contribution in [1.82, 2.24) is 5.16 Å². The molecule has 0 fully saturated rings. The maximum atomic E-state index is 12.1. The van der Waals surface area contributed by atoms with Gasteiger partial charge in [0.1, 0.15) is 23.0 Å². The Labute approximate surface area is 122 Å². The second-order valence-electron chi connectivity index (χ2n) is 4.32. The number of anilines is 1. The van der Waals surface area contributed by atoms with Crippen molar-refractivity contribution in [2.75, 3.05) is 11.8 Å². The van der Waals surface area contributed by atoms with Crippen LogP contribution in [0.15, 0.2) is 28.8 Å². The Morgan fingerprint density at radius 3 is 2.76 bits per heavy atom. The molecule has 2 aromatic rings. The van der Waals surface area contributed by atoms with Crippen molar-refractivity contribution in [3.63, 3.8) is 0 Å². The van der Waals surface area contributed by atoms with Gasteiger partial charge in [-0.1, -0.05) is 5.16 Å². The van der Waals surface area contributed by atoms with Gasteiger partial charge in [-0.25, -0.2) is 8.42 Å². The molecule has 0 atom stereocenters. The van der Waals surface area contributed by atoms with Crippen LogP contribution in [-0.2, 0) is 15.8 Å². The minimum absolute atomic E-state index is 0.261. The first-order valence-electron chi connectivity index (χ1n) is 5.94. The zero-order valence-corrected chi connectivity index (χ0v) is 12.3. The number of nitriles is 1. The number of benzene rings is 1. The molecule has 8 heteroatoms. The van der Waals surface area contributed by atoms with E-state index in [0.717, 1.165) is 0 Å². The number of hydrogen-bond acceptors (Lipinski definition) is 6. The lowest BCUT2D eigenvalue weighted by molar-refractivity contribution is 0.392. The lowest BCUT2D eigenvalue weighted by Gasteiger charge is -2.11. The zero-order valence-electron chi connectivity index (χ0n) is 11.5. The number of aryl methyl sites for hydroxylation is 1. The predicted octanol–water partition coefficient (Wildman–Crippen LogP) is 1.81. The summed E-state index contributed by atoms with van der Waals surface area (Å²) in [6.07, 6.45) is 0. The first-order valence-corrected chi connectivity index (χ1v) is 7.59. The minimum Gasteiger partial charge on any atom is -0.495 e. The Bertz CT molecular complexity index is 790. The molecule has 0 amide bonds. The Morgan fingerprint density at radius 1 is 1.43 bits per heavy atom. The highest BCUT2D eigenvalue weighted by atomic mass is 32.2. The largest absolute Gasteiger partial charge is 0.495 e. The summed E-state index contributed by atoms with van der Waals surface area (Å²) in [6.45, 7) is 1.68. The van der Waals surface area contributed by atoms with E-state index in [1.54, 1.807) is 13.0 Å². The van der Waals surface area contributed by atoms with Gasteiger partial charge in [0.15, 0.2) is 0 Å². The van der Waals surface area contributed by atoms with Crippen LogP contribution in [0, 0.1) is 18.3 Å². The Morgan fingerprint density at radius 2 is 2.19 bits per heavy atom. The molecule has 0 aliphatic heterocycles. The van der Waals surface area contributed by atoms with Gasteiger partial charge in [-0.3, -0.25) is 4.72 Å². The molecule has 0 radical (unpaired) electrons. The summed E-state index contributed by atoms with van der Waals surface area (Å²) in [5, 5.41) is 12.5. The molecule has 0 aliphatic carbocycles. The molecule has 0 unspecified atom stereocenters. The van der Waals surface area contributed by atoms with Gasteiger partial charge in [-0.2, -0.15) is 5.26 Å². The third kappa shape index (κ3) is 3.73. The fourth-order valence-corrected chi connectivity index (χ4v) is 2.83. The number of rotatable bonds is 5. The first kappa shape index (κ1) is 14.9. The number of sulfonamides is 1. The SMILES string of the molecule is COc1cc(C#N)ccc1NS(=O)(=O)Cc1cc(C)on1. The maximum absolute atomic E-state index is 12.1. The molecule has 1 N–H and O–H groups in total. The molecule has 0 bridgehead atoms. The normalized spacial score (nSPS) is 10.9. The first-order chi connectivity index (χ1) is 9.93. The summed E-state index contributed by atoms with van der Waals surface area (Å²) in [6, 6.07) is 7.94. The van der Waals surface area contributed by atoms with Crippen molar-refractivity contribution in [3.05, 3.63) is 41.3 Å². The monoisotopic (exact) mass is 307 g/mol. The van der Waals surface area contributed by atoms with E-state index in [1.165, 1.54) is 25.3 Å². The van der Waals surface area contributed by atoms with E-state index in [9.17, 15) is 8.42 Å². The average Bonchev–Trinajstić information content (AvgIpc) is 2.83. The number of aromatic nitrogens is 1. The molecule has 110 valence electrons. The van der Waals surface area contributed by atoms with E-state index in [-0.39, 0.29) is 17.2 Å². The molecule has 0 aliphatic rings. The fraction of sp³-hybridized carbons (Fsp3) is 0.231. The van der Waals surface area contributed by atoms with Crippen molar-refractivity contribution in [2.45, 2.75) is 12.7 Å². The van der Waals surface area contributed by atoms with E-state index in [2.05, 4.69) is 9.88 Å². The molecule has 2 rings (SSSR count). The molecule has 1 heterocycles. The topological polar surface area (TPSA) is 105 Å². The van der Waals surface area contributed by atoms with Gasteiger partial charge in [0.05, 0.1) is 24.4 Å². The van der Waals surface area contributed by atoms with Crippen LogP contribution >= 0.6 is 0 Å². The van der Waals surface area contributed by atoms with Crippen LogP contribution in [0.3, 0.4) is 0 Å². The summed E-state index contributed by atoms with van der Waals surface area (Å²) >= 11 is 0. The van der Waals surface area contributed by atoms with Gasteiger partial charge in [0, 0.05) is 12.1 Å². The van der Waals surface area contributed by atoms with Crippen LogP contribution in [0.2, 0.25) is 0 Å². The quantitative estimate of drug-likeness (QED) is 0.903. The summed E-state index contributed by atoms with van der Waals surface area (Å²) in [5.74, 6) is 0.498. The van der Waals surface area contributed by atoms with Gasteiger partial charge < -0.3 is 9.26 Å². The maximum Gasteiger partial charge on any atom is 0.238 e. The van der Waals surface area contributed by atoms with Crippen molar-refractivity contribution < 1.29 is 17.7 Å². The van der Waals surface area contributed by atoms with Crippen molar-refractivity contribution in [2.24, 2.45) is 0 Å². The van der Waals surface area contributed by atoms with E-state index in [1.807, 2.05) is 6.07 Å². The van der Waals surface area contributed by atoms with E-state index in [4.69, 9.17) is 14.5 Å². The fourth-order valence-electron chi connectivity index (χ4n) is 1.73. The third-order valence-electron chi connectivity index (χ3n) is 2.61. The van der Waals surface area contributed by atoms with Crippen molar-refractivity contribution >= 4 is 15.7 Å². The molecule has 7 nitrogen and oxygen atoms in total. The Hall–Kier alpha value is -2.53. The van der Waals surface area contributed by atoms with Crippen LogP contribution in [0.5, 0.6) is 5.75 Å². The van der Waals surface area contributed by atoms with Gasteiger partial charge in [-0.15, -0.1) is 0 Å². The van der Waals surface area contributed by atoms with Gasteiger partial charge in [0.25, 0.3) is 0 Å². The molecule has 0 spiro atoms. The second kappa shape index (κ2) is 5.85. The molecular formula is C13H13N3O4S. The predicted molar refractivity (Wildman–Crippen MR) is 75.2 cm³/mol. The van der Waals surface area contributed by atoms with Crippen LogP contribution in [-0.4, -0.2) is 20.7 Å². The summed E-state index contributed by atoms with van der Waals surface area (Å²) in [5.41, 5.74) is 0.950. The number of hydrogen-bond donors (Lipinski definition) is 1. The van der Waals surface area contributed by atoms with Crippen LogP contribution in [0.1, 0.15) is 17.0 Å². The number of nitrogens with zero attached hydrogens (tertiary/aromatic N) is 2.